The number of ether oxygens (including phenoxy) is 4. The number of pyridine rings is 1. The van der Waals surface area contributed by atoms with Gasteiger partial charge in [0.1, 0.15) is 18.3 Å². The zero-order valence-corrected chi connectivity index (χ0v) is 26.5. The topological polar surface area (TPSA) is 159 Å². The number of aromatic nitrogens is 1. The second-order valence-electron chi connectivity index (χ2n) is 12.8. The van der Waals surface area contributed by atoms with Crippen LogP contribution in [0.2, 0.25) is 0 Å². The lowest BCUT2D eigenvalue weighted by Gasteiger charge is -2.66. The fourth-order valence-electron chi connectivity index (χ4n) is 7.60. The van der Waals surface area contributed by atoms with Gasteiger partial charge in [-0.25, -0.2) is 14.4 Å². The van der Waals surface area contributed by atoms with Gasteiger partial charge in [-0.3, -0.25) is 9.78 Å². The summed E-state index contributed by atoms with van der Waals surface area (Å²) in [5, 5.41) is 23.3. The van der Waals surface area contributed by atoms with E-state index in [1.165, 1.54) is 26.2 Å². The van der Waals surface area contributed by atoms with Crippen LogP contribution in [-0.4, -0.2) is 69.6 Å². The Labute approximate surface area is 267 Å². The molecule has 11 nitrogen and oxygen atoms in total. The summed E-state index contributed by atoms with van der Waals surface area (Å²) in [5.74, 6) is -4.12. The third-order valence-corrected chi connectivity index (χ3v) is 10.4. The van der Waals surface area contributed by atoms with Gasteiger partial charge in [-0.2, -0.15) is 0 Å². The van der Waals surface area contributed by atoms with E-state index in [4.69, 9.17) is 18.9 Å². The molecule has 2 heterocycles. The van der Waals surface area contributed by atoms with Gasteiger partial charge in [0.2, 0.25) is 5.76 Å². The maximum atomic E-state index is 13.7. The molecule has 1 aromatic heterocycles. The Morgan fingerprint density at radius 1 is 1.02 bits per heavy atom. The molecule has 2 aliphatic carbocycles. The summed E-state index contributed by atoms with van der Waals surface area (Å²) in [6.07, 6.45) is 2.06. The summed E-state index contributed by atoms with van der Waals surface area (Å²) in [6.45, 7) is 8.04. The average molecular weight is 634 g/mol. The molecule has 1 aromatic carbocycles. The SMILES string of the molecule is CC(=O)O[C@@H](CC1=C(O)C(=O)OC1)[C@]1(C)[C@H]2CCC=C(C)[C@]2(C)[C@@H](OC(=O)c2cccnc2)[C@H](OC(=O)c2ccccc2)[C@@]1(C)O. The van der Waals surface area contributed by atoms with Crippen molar-refractivity contribution in [3.63, 3.8) is 0 Å². The van der Waals surface area contributed by atoms with Crippen molar-refractivity contribution >= 4 is 23.9 Å². The van der Waals surface area contributed by atoms with Crippen molar-refractivity contribution in [2.45, 2.75) is 77.8 Å². The van der Waals surface area contributed by atoms with Crippen molar-refractivity contribution in [2.75, 3.05) is 6.61 Å². The van der Waals surface area contributed by atoms with Crippen LogP contribution in [-0.2, 0) is 28.5 Å². The van der Waals surface area contributed by atoms with E-state index in [-0.39, 0.29) is 29.7 Å². The van der Waals surface area contributed by atoms with E-state index < -0.39 is 70.3 Å². The number of hydrogen-bond donors (Lipinski definition) is 2. The minimum absolute atomic E-state index is 0.140. The molecule has 1 saturated carbocycles. The molecule has 0 amide bonds. The standard InChI is InChI=1S/C35H39NO10/c1-20-11-9-15-25-33(20,3)28(45-31(40)23-14-10-16-36-18-23)29(46-30(39)22-12-7-6-8-13-22)35(5,42)34(25,4)26(44-21(2)37)17-24-19-43-32(41)27(24)38/h6-8,10-14,16,18,25-26,28-29,38,42H,9,15,17,19H2,1-5H3/t25-,26-,28-,29-,33-,34-,35+/m0/s1. The molecule has 7 atom stereocenters. The van der Waals surface area contributed by atoms with Crippen molar-refractivity contribution in [2.24, 2.45) is 16.7 Å². The minimum atomic E-state index is -2.01. The number of aliphatic hydroxyl groups excluding tert-OH is 1. The highest BCUT2D eigenvalue weighted by Gasteiger charge is 2.73. The lowest BCUT2D eigenvalue weighted by atomic mass is 9.42. The molecular formula is C35H39NO10. The highest BCUT2D eigenvalue weighted by atomic mass is 16.6. The Kier molecular flexibility index (Phi) is 8.83. The number of carbonyl (C=O) groups is 4. The first kappa shape index (κ1) is 32.9. The second kappa shape index (κ2) is 12.4. The summed E-state index contributed by atoms with van der Waals surface area (Å²) < 4.78 is 23.4. The molecule has 244 valence electrons. The first-order chi connectivity index (χ1) is 21.7. The summed E-state index contributed by atoms with van der Waals surface area (Å²) in [6, 6.07) is 11.4. The number of carbonyl (C=O) groups excluding carboxylic acids is 4. The highest BCUT2D eigenvalue weighted by molar-refractivity contribution is 5.90. The van der Waals surface area contributed by atoms with Crippen LogP contribution in [0.4, 0.5) is 0 Å². The number of benzene rings is 1. The fraction of sp³-hybridized carbons (Fsp3) is 0.457. The Hall–Kier alpha value is -4.51. The summed E-state index contributed by atoms with van der Waals surface area (Å²) in [4.78, 5) is 56.0. The number of nitrogens with zero attached hydrogens (tertiary/aromatic N) is 1. The van der Waals surface area contributed by atoms with E-state index in [9.17, 15) is 29.4 Å². The fourth-order valence-corrected chi connectivity index (χ4v) is 7.60. The molecule has 3 aliphatic rings. The van der Waals surface area contributed by atoms with E-state index in [2.05, 4.69) is 4.98 Å². The average Bonchev–Trinajstić information content (AvgIpc) is 3.35. The first-order valence-corrected chi connectivity index (χ1v) is 15.2. The number of hydrogen-bond acceptors (Lipinski definition) is 11. The van der Waals surface area contributed by atoms with Gasteiger partial charge in [-0.05, 0) is 56.9 Å². The van der Waals surface area contributed by atoms with Crippen molar-refractivity contribution in [1.82, 2.24) is 4.98 Å². The van der Waals surface area contributed by atoms with Gasteiger partial charge in [0.05, 0.1) is 11.1 Å². The maximum Gasteiger partial charge on any atom is 0.373 e. The molecule has 1 aliphatic heterocycles. The molecule has 0 saturated heterocycles. The number of cyclic esters (lactones) is 1. The molecule has 0 unspecified atom stereocenters. The number of esters is 4. The summed E-state index contributed by atoms with van der Waals surface area (Å²) in [5.41, 5.74) is -3.04. The lowest BCUT2D eigenvalue weighted by molar-refractivity contribution is -0.290. The predicted molar refractivity (Wildman–Crippen MR) is 163 cm³/mol. The molecule has 0 radical (unpaired) electrons. The minimum Gasteiger partial charge on any atom is -0.502 e. The van der Waals surface area contributed by atoms with Crippen LogP contribution in [0.5, 0.6) is 0 Å². The van der Waals surface area contributed by atoms with Crippen molar-refractivity contribution in [3.8, 4) is 0 Å². The third kappa shape index (κ3) is 5.46. The molecule has 1 fully saturated rings. The van der Waals surface area contributed by atoms with Gasteiger partial charge < -0.3 is 29.2 Å². The van der Waals surface area contributed by atoms with Crippen LogP contribution in [0.1, 0.15) is 74.6 Å². The number of allylic oxidation sites excluding steroid dienone is 1. The van der Waals surface area contributed by atoms with Gasteiger partial charge in [0.25, 0.3) is 0 Å². The van der Waals surface area contributed by atoms with E-state index >= 15 is 0 Å². The number of rotatable bonds is 8. The lowest BCUT2D eigenvalue weighted by Crippen LogP contribution is -2.75. The molecule has 0 spiro atoms. The summed E-state index contributed by atoms with van der Waals surface area (Å²) in [7, 11) is 0. The van der Waals surface area contributed by atoms with Gasteiger partial charge in [-0.1, -0.05) is 43.7 Å². The van der Waals surface area contributed by atoms with Crippen LogP contribution in [0, 0.1) is 16.7 Å². The molecule has 2 N–H and O–H groups in total. The Morgan fingerprint density at radius 3 is 2.28 bits per heavy atom. The largest absolute Gasteiger partial charge is 0.502 e. The van der Waals surface area contributed by atoms with Crippen LogP contribution in [0.15, 0.2) is 77.8 Å². The monoisotopic (exact) mass is 633 g/mol. The van der Waals surface area contributed by atoms with Gasteiger partial charge in [0.15, 0.2) is 12.2 Å². The third-order valence-electron chi connectivity index (χ3n) is 10.4. The summed E-state index contributed by atoms with van der Waals surface area (Å²) >= 11 is 0. The second-order valence-corrected chi connectivity index (χ2v) is 12.8. The zero-order valence-electron chi connectivity index (χ0n) is 26.5. The van der Waals surface area contributed by atoms with Gasteiger partial charge in [0, 0.05) is 42.1 Å². The number of fused-ring (bicyclic) bond motifs is 1. The molecule has 11 heteroatoms. The predicted octanol–water partition coefficient (Wildman–Crippen LogP) is 4.66. The maximum absolute atomic E-state index is 13.7. The van der Waals surface area contributed by atoms with Crippen LogP contribution in [0.3, 0.4) is 0 Å². The zero-order chi connectivity index (χ0) is 33.4. The van der Waals surface area contributed by atoms with Crippen LogP contribution >= 0.6 is 0 Å². The molecular weight excluding hydrogens is 594 g/mol. The number of aliphatic hydroxyl groups is 2. The smallest absolute Gasteiger partial charge is 0.373 e. The van der Waals surface area contributed by atoms with Crippen LogP contribution < -0.4 is 0 Å². The first-order valence-electron chi connectivity index (χ1n) is 15.2. The Morgan fingerprint density at radius 2 is 1.67 bits per heavy atom. The van der Waals surface area contributed by atoms with E-state index in [1.807, 2.05) is 19.9 Å². The quantitative estimate of drug-likeness (QED) is 0.237. The van der Waals surface area contributed by atoms with Crippen molar-refractivity contribution in [3.05, 3.63) is 89.0 Å². The Bertz CT molecular complexity index is 1580. The van der Waals surface area contributed by atoms with E-state index in [1.54, 1.807) is 49.4 Å². The molecule has 5 rings (SSSR count). The normalized spacial score (nSPS) is 31.2. The van der Waals surface area contributed by atoms with Gasteiger partial charge >= 0.3 is 23.9 Å². The van der Waals surface area contributed by atoms with Crippen LogP contribution in [0.25, 0.3) is 0 Å². The van der Waals surface area contributed by atoms with E-state index in [0.717, 1.165) is 5.57 Å². The molecule has 0 bridgehead atoms. The Balaban J connectivity index is 1.70. The molecule has 46 heavy (non-hydrogen) atoms. The van der Waals surface area contributed by atoms with Gasteiger partial charge in [-0.15, -0.1) is 0 Å². The highest BCUT2D eigenvalue weighted by Crippen LogP contribution is 2.65. The van der Waals surface area contributed by atoms with Crippen molar-refractivity contribution in [1.29, 1.82) is 0 Å². The molecule has 2 aromatic rings. The van der Waals surface area contributed by atoms with Crippen molar-refractivity contribution < 1.29 is 48.3 Å². The van der Waals surface area contributed by atoms with E-state index in [0.29, 0.717) is 12.8 Å².